The molecule has 0 radical (unpaired) electrons. The average molecular weight is 296 g/mol. The number of carbonyl (C=O) groups is 1. The van der Waals surface area contributed by atoms with Crippen LogP contribution in [0.5, 0.6) is 6.01 Å². The molecule has 1 amide bonds. The van der Waals surface area contributed by atoms with Crippen LogP contribution < -0.4 is 20.7 Å². The Balaban J connectivity index is 2.70. The molecule has 1 rings (SSSR count). The molecule has 0 unspecified atom stereocenters. The number of amides is 1. The molecule has 0 aliphatic carbocycles. The Hall–Kier alpha value is -2.12. The number of rotatable bonds is 9. The van der Waals surface area contributed by atoms with Crippen molar-refractivity contribution in [2.75, 3.05) is 30.3 Å². The molecule has 1 heterocycles. The fourth-order valence-corrected chi connectivity index (χ4v) is 1.48. The summed E-state index contributed by atoms with van der Waals surface area (Å²) in [4.78, 5) is 24.0. The zero-order chi connectivity index (χ0) is 15.7. The van der Waals surface area contributed by atoms with Crippen molar-refractivity contribution in [2.24, 2.45) is 0 Å². The van der Waals surface area contributed by atoms with Crippen molar-refractivity contribution < 1.29 is 9.53 Å². The van der Waals surface area contributed by atoms with Gasteiger partial charge in [0.2, 0.25) is 17.8 Å². The summed E-state index contributed by atoms with van der Waals surface area (Å²) in [7, 11) is 0. The number of anilines is 2. The number of hydrogen-bond acceptors (Lipinski definition) is 7. The third kappa shape index (κ3) is 6.73. The summed E-state index contributed by atoms with van der Waals surface area (Å²) in [6.07, 6.45) is 0.954. The van der Waals surface area contributed by atoms with Crippen molar-refractivity contribution in [1.82, 2.24) is 20.3 Å². The van der Waals surface area contributed by atoms with Gasteiger partial charge in [-0.3, -0.25) is 4.79 Å². The normalized spacial score (nSPS) is 10.3. The van der Waals surface area contributed by atoms with Crippen LogP contribution in [0.4, 0.5) is 11.9 Å². The van der Waals surface area contributed by atoms with Gasteiger partial charge in [0, 0.05) is 12.6 Å². The number of nitrogens with one attached hydrogen (secondary N) is 3. The van der Waals surface area contributed by atoms with Gasteiger partial charge >= 0.3 is 6.01 Å². The van der Waals surface area contributed by atoms with Gasteiger partial charge in [0.1, 0.15) is 0 Å². The Morgan fingerprint density at radius 1 is 1.14 bits per heavy atom. The molecular formula is C13H24N6O2. The standard InChI is InChI=1S/C13H24N6O2/c1-5-7-14-11-17-12(19-13(18-11)21-6-2)15-8-10(20)16-9(3)4/h9H,5-8H2,1-4H3,(H,16,20)(H2,14,15,17,18,19). The number of aromatic nitrogens is 3. The van der Waals surface area contributed by atoms with E-state index in [4.69, 9.17) is 4.74 Å². The highest BCUT2D eigenvalue weighted by Crippen LogP contribution is 2.11. The number of ether oxygens (including phenoxy) is 1. The van der Waals surface area contributed by atoms with Crippen molar-refractivity contribution >= 4 is 17.8 Å². The molecule has 0 fully saturated rings. The molecule has 3 N–H and O–H groups in total. The average Bonchev–Trinajstić information content (AvgIpc) is 2.42. The van der Waals surface area contributed by atoms with Crippen molar-refractivity contribution in [3.63, 3.8) is 0 Å². The molecule has 8 nitrogen and oxygen atoms in total. The largest absolute Gasteiger partial charge is 0.464 e. The fraction of sp³-hybridized carbons (Fsp3) is 0.692. The first-order valence-corrected chi connectivity index (χ1v) is 7.21. The minimum Gasteiger partial charge on any atom is -0.464 e. The van der Waals surface area contributed by atoms with Crippen LogP contribution in [-0.4, -0.2) is 46.6 Å². The number of nitrogens with zero attached hydrogens (tertiary/aromatic N) is 3. The summed E-state index contributed by atoms with van der Waals surface area (Å²) in [6.45, 7) is 9.02. The fourth-order valence-electron chi connectivity index (χ4n) is 1.48. The third-order valence-electron chi connectivity index (χ3n) is 2.28. The van der Waals surface area contributed by atoms with Crippen LogP contribution in [0.3, 0.4) is 0 Å². The van der Waals surface area contributed by atoms with Gasteiger partial charge in [-0.2, -0.15) is 15.0 Å². The molecule has 21 heavy (non-hydrogen) atoms. The lowest BCUT2D eigenvalue weighted by molar-refractivity contribution is -0.119. The first-order chi connectivity index (χ1) is 10.0. The molecule has 0 atom stereocenters. The van der Waals surface area contributed by atoms with E-state index in [9.17, 15) is 4.79 Å². The van der Waals surface area contributed by atoms with E-state index in [-0.39, 0.29) is 24.5 Å². The van der Waals surface area contributed by atoms with E-state index >= 15 is 0 Å². The van der Waals surface area contributed by atoms with Crippen LogP contribution in [0.1, 0.15) is 34.1 Å². The highest BCUT2D eigenvalue weighted by Gasteiger charge is 2.09. The van der Waals surface area contributed by atoms with Crippen LogP contribution in [0.15, 0.2) is 0 Å². The second-order valence-corrected chi connectivity index (χ2v) is 4.70. The molecule has 1 aromatic heterocycles. The lowest BCUT2D eigenvalue weighted by atomic mass is 10.4. The van der Waals surface area contributed by atoms with E-state index in [2.05, 4.69) is 30.9 Å². The topological polar surface area (TPSA) is 101 Å². The molecule has 0 spiro atoms. The maximum atomic E-state index is 11.6. The van der Waals surface area contributed by atoms with Crippen molar-refractivity contribution in [3.8, 4) is 6.01 Å². The quantitative estimate of drug-likeness (QED) is 0.625. The SMILES string of the molecule is CCCNc1nc(NCC(=O)NC(C)C)nc(OCC)n1. The van der Waals surface area contributed by atoms with Crippen LogP contribution in [-0.2, 0) is 4.79 Å². The summed E-state index contributed by atoms with van der Waals surface area (Å²) in [5, 5.41) is 8.72. The maximum absolute atomic E-state index is 11.6. The van der Waals surface area contributed by atoms with Gasteiger partial charge in [-0.05, 0) is 27.2 Å². The lowest BCUT2D eigenvalue weighted by Crippen LogP contribution is -2.35. The minimum absolute atomic E-state index is 0.0958. The minimum atomic E-state index is -0.119. The number of carbonyl (C=O) groups excluding carboxylic acids is 1. The zero-order valence-electron chi connectivity index (χ0n) is 13.1. The summed E-state index contributed by atoms with van der Waals surface area (Å²) in [5.41, 5.74) is 0. The van der Waals surface area contributed by atoms with E-state index in [0.29, 0.717) is 18.5 Å². The van der Waals surface area contributed by atoms with Crippen molar-refractivity contribution in [1.29, 1.82) is 0 Å². The van der Waals surface area contributed by atoms with Gasteiger partial charge in [-0.25, -0.2) is 0 Å². The van der Waals surface area contributed by atoms with Crippen LogP contribution >= 0.6 is 0 Å². The highest BCUT2D eigenvalue weighted by molar-refractivity contribution is 5.80. The van der Waals surface area contributed by atoms with Gasteiger partial charge in [0.15, 0.2) is 0 Å². The van der Waals surface area contributed by atoms with Crippen molar-refractivity contribution in [3.05, 3.63) is 0 Å². The molecule has 0 aromatic carbocycles. The highest BCUT2D eigenvalue weighted by atomic mass is 16.5. The Bertz CT molecular complexity index is 452. The molecule has 0 saturated carbocycles. The van der Waals surface area contributed by atoms with Crippen LogP contribution in [0, 0.1) is 0 Å². The zero-order valence-corrected chi connectivity index (χ0v) is 13.1. The Morgan fingerprint density at radius 3 is 2.38 bits per heavy atom. The van der Waals surface area contributed by atoms with E-state index < -0.39 is 0 Å². The molecule has 118 valence electrons. The summed E-state index contributed by atoms with van der Waals surface area (Å²) < 4.78 is 5.30. The summed E-state index contributed by atoms with van der Waals surface area (Å²) >= 11 is 0. The molecule has 0 aliphatic heterocycles. The van der Waals surface area contributed by atoms with E-state index in [1.807, 2.05) is 27.7 Å². The summed E-state index contributed by atoms with van der Waals surface area (Å²) in [5.74, 6) is 0.625. The van der Waals surface area contributed by atoms with Gasteiger partial charge in [0.05, 0.1) is 13.2 Å². The first kappa shape index (κ1) is 16.9. The first-order valence-electron chi connectivity index (χ1n) is 7.21. The Labute approximate surface area is 125 Å². The predicted molar refractivity (Wildman–Crippen MR) is 81.5 cm³/mol. The smallest absolute Gasteiger partial charge is 0.323 e. The lowest BCUT2D eigenvalue weighted by Gasteiger charge is -2.11. The van der Waals surface area contributed by atoms with Gasteiger partial charge in [-0.1, -0.05) is 6.92 Å². The third-order valence-corrected chi connectivity index (χ3v) is 2.28. The van der Waals surface area contributed by atoms with Gasteiger partial charge < -0.3 is 20.7 Å². The van der Waals surface area contributed by atoms with Crippen LogP contribution in [0.2, 0.25) is 0 Å². The van der Waals surface area contributed by atoms with E-state index in [1.54, 1.807) is 0 Å². The Morgan fingerprint density at radius 2 is 1.81 bits per heavy atom. The maximum Gasteiger partial charge on any atom is 0.323 e. The number of hydrogen-bond donors (Lipinski definition) is 3. The van der Waals surface area contributed by atoms with Gasteiger partial charge in [-0.15, -0.1) is 0 Å². The monoisotopic (exact) mass is 296 g/mol. The molecular weight excluding hydrogens is 272 g/mol. The van der Waals surface area contributed by atoms with Gasteiger partial charge in [0.25, 0.3) is 0 Å². The predicted octanol–water partition coefficient (Wildman–Crippen LogP) is 1.03. The second-order valence-electron chi connectivity index (χ2n) is 4.70. The molecule has 1 aromatic rings. The van der Waals surface area contributed by atoms with E-state index in [1.165, 1.54) is 0 Å². The molecule has 0 aliphatic rings. The van der Waals surface area contributed by atoms with E-state index in [0.717, 1.165) is 13.0 Å². The summed E-state index contributed by atoms with van der Waals surface area (Å²) in [6, 6.07) is 0.330. The molecule has 0 bridgehead atoms. The van der Waals surface area contributed by atoms with Crippen molar-refractivity contribution in [2.45, 2.75) is 40.2 Å². The molecule has 0 saturated heterocycles. The Kier molecular flexibility index (Phi) is 7.20. The van der Waals surface area contributed by atoms with Crippen LogP contribution in [0.25, 0.3) is 0 Å². The second kappa shape index (κ2) is 8.93. The molecule has 8 heteroatoms.